The largest absolute Gasteiger partial charge is 0.469 e. The minimum atomic E-state index is -0.121. The first-order chi connectivity index (χ1) is 8.26. The normalized spacial score (nSPS) is 10.2. The van der Waals surface area contributed by atoms with Crippen LogP contribution >= 0.6 is 0 Å². The average Bonchev–Trinajstić information content (AvgIpc) is 2.37. The number of unbranched alkanes of at least 4 members (excludes halogenated alkanes) is 1. The molecule has 0 bridgehead atoms. The van der Waals surface area contributed by atoms with Crippen molar-refractivity contribution in [2.24, 2.45) is 0 Å². The second kappa shape index (κ2) is 7.88. The molecule has 0 saturated heterocycles. The Morgan fingerprint density at radius 3 is 2.06 bits per heavy atom. The number of aryl methyl sites for hydroxylation is 2. The van der Waals surface area contributed by atoms with Crippen molar-refractivity contribution in [3.05, 3.63) is 35.4 Å². The second-order valence-corrected chi connectivity index (χ2v) is 4.35. The smallest absolute Gasteiger partial charge is 0.305 e. The van der Waals surface area contributed by atoms with E-state index in [0.29, 0.717) is 6.42 Å². The quantitative estimate of drug-likeness (QED) is 0.675. The predicted octanol–water partition coefficient (Wildman–Crippen LogP) is 3.52. The Kier molecular flexibility index (Phi) is 6.38. The Hall–Kier alpha value is -1.31. The van der Waals surface area contributed by atoms with E-state index in [-0.39, 0.29) is 5.97 Å². The third-order valence-electron chi connectivity index (χ3n) is 2.92. The van der Waals surface area contributed by atoms with E-state index in [1.54, 1.807) is 0 Å². The molecule has 0 radical (unpaired) electrons. The summed E-state index contributed by atoms with van der Waals surface area (Å²) in [6.07, 6.45) is 5.97. The summed E-state index contributed by atoms with van der Waals surface area (Å²) in [4.78, 5) is 11.0. The zero-order chi connectivity index (χ0) is 12.5. The molecule has 0 aliphatic rings. The van der Waals surface area contributed by atoms with Crippen LogP contribution < -0.4 is 0 Å². The predicted molar refractivity (Wildman–Crippen MR) is 70.0 cm³/mol. The van der Waals surface area contributed by atoms with Crippen LogP contribution in [-0.2, 0) is 22.4 Å². The maximum Gasteiger partial charge on any atom is 0.305 e. The number of hydrogen-bond acceptors (Lipinski definition) is 2. The molecule has 0 aliphatic carbocycles. The highest BCUT2D eigenvalue weighted by Gasteiger charge is 2.00. The van der Waals surface area contributed by atoms with Crippen molar-refractivity contribution in [1.29, 1.82) is 0 Å². The molecule has 0 aliphatic heterocycles. The van der Waals surface area contributed by atoms with Crippen LogP contribution in [0, 0.1) is 0 Å². The molecule has 94 valence electrons. The van der Waals surface area contributed by atoms with E-state index >= 15 is 0 Å². The first-order valence-electron chi connectivity index (χ1n) is 6.41. The van der Waals surface area contributed by atoms with Gasteiger partial charge in [0.2, 0.25) is 0 Å². The maximum absolute atomic E-state index is 11.0. The van der Waals surface area contributed by atoms with Crippen molar-refractivity contribution in [2.75, 3.05) is 7.11 Å². The summed E-state index contributed by atoms with van der Waals surface area (Å²) in [6.45, 7) is 2.21. The van der Waals surface area contributed by atoms with Gasteiger partial charge in [0.25, 0.3) is 0 Å². The van der Waals surface area contributed by atoms with E-state index in [1.807, 2.05) is 0 Å². The summed E-state index contributed by atoms with van der Waals surface area (Å²) in [5.41, 5.74) is 2.71. The minimum absolute atomic E-state index is 0.121. The molecule has 0 fully saturated rings. The molecular weight excluding hydrogens is 212 g/mol. The molecule has 0 atom stereocenters. The van der Waals surface area contributed by atoms with Gasteiger partial charge in [-0.1, -0.05) is 37.6 Å². The minimum Gasteiger partial charge on any atom is -0.469 e. The summed E-state index contributed by atoms with van der Waals surface area (Å²) < 4.78 is 4.61. The van der Waals surface area contributed by atoms with E-state index in [9.17, 15) is 4.79 Å². The van der Waals surface area contributed by atoms with Gasteiger partial charge in [0.15, 0.2) is 0 Å². The van der Waals surface area contributed by atoms with Crippen molar-refractivity contribution in [3.8, 4) is 0 Å². The van der Waals surface area contributed by atoms with Crippen LogP contribution in [0.5, 0.6) is 0 Å². The van der Waals surface area contributed by atoms with Crippen LogP contribution in [0.1, 0.15) is 43.7 Å². The number of ether oxygens (including phenoxy) is 1. The van der Waals surface area contributed by atoms with Crippen molar-refractivity contribution in [2.45, 2.75) is 45.4 Å². The number of rotatable bonds is 7. The number of hydrogen-bond donors (Lipinski definition) is 0. The molecule has 0 amide bonds. The molecule has 1 aromatic carbocycles. The van der Waals surface area contributed by atoms with E-state index in [4.69, 9.17) is 0 Å². The second-order valence-electron chi connectivity index (χ2n) is 4.35. The monoisotopic (exact) mass is 234 g/mol. The Bertz CT molecular complexity index is 327. The SMILES string of the molecule is CCCCc1ccc(CCCC(=O)OC)cc1. The third kappa shape index (κ3) is 5.53. The van der Waals surface area contributed by atoms with Gasteiger partial charge in [0.05, 0.1) is 7.11 Å². The zero-order valence-corrected chi connectivity index (χ0v) is 10.9. The topological polar surface area (TPSA) is 26.3 Å². The highest BCUT2D eigenvalue weighted by molar-refractivity contribution is 5.69. The van der Waals surface area contributed by atoms with Crippen LogP contribution in [0.25, 0.3) is 0 Å². The molecule has 2 nitrogen and oxygen atoms in total. The van der Waals surface area contributed by atoms with Crippen LogP contribution in [0.15, 0.2) is 24.3 Å². The average molecular weight is 234 g/mol. The lowest BCUT2D eigenvalue weighted by Crippen LogP contribution is -2.00. The first-order valence-corrected chi connectivity index (χ1v) is 6.41. The van der Waals surface area contributed by atoms with Gasteiger partial charge in [-0.2, -0.15) is 0 Å². The van der Waals surface area contributed by atoms with Gasteiger partial charge >= 0.3 is 5.97 Å². The lowest BCUT2D eigenvalue weighted by Gasteiger charge is -2.03. The fraction of sp³-hybridized carbons (Fsp3) is 0.533. The zero-order valence-electron chi connectivity index (χ0n) is 10.9. The van der Waals surface area contributed by atoms with Crippen LogP contribution in [0.3, 0.4) is 0 Å². The molecule has 1 aromatic rings. The summed E-state index contributed by atoms with van der Waals surface area (Å²) >= 11 is 0. The van der Waals surface area contributed by atoms with Crippen LogP contribution in [-0.4, -0.2) is 13.1 Å². The molecule has 0 unspecified atom stereocenters. The molecule has 0 aromatic heterocycles. The van der Waals surface area contributed by atoms with Gasteiger partial charge in [-0.15, -0.1) is 0 Å². The van der Waals surface area contributed by atoms with E-state index in [2.05, 4.69) is 35.9 Å². The molecule has 1 rings (SSSR count). The number of esters is 1. The Morgan fingerprint density at radius 1 is 1.06 bits per heavy atom. The number of carbonyl (C=O) groups is 1. The van der Waals surface area contributed by atoms with E-state index < -0.39 is 0 Å². The number of carbonyl (C=O) groups excluding carboxylic acids is 1. The van der Waals surface area contributed by atoms with Gasteiger partial charge < -0.3 is 4.74 Å². The maximum atomic E-state index is 11.0. The Morgan fingerprint density at radius 2 is 1.59 bits per heavy atom. The Labute approximate surface area is 104 Å². The summed E-state index contributed by atoms with van der Waals surface area (Å²) in [5.74, 6) is -0.121. The summed E-state index contributed by atoms with van der Waals surface area (Å²) in [7, 11) is 1.44. The van der Waals surface area contributed by atoms with Crippen molar-refractivity contribution in [1.82, 2.24) is 0 Å². The van der Waals surface area contributed by atoms with Gasteiger partial charge in [0, 0.05) is 6.42 Å². The van der Waals surface area contributed by atoms with Gasteiger partial charge in [0.1, 0.15) is 0 Å². The third-order valence-corrected chi connectivity index (χ3v) is 2.92. The Balaban J connectivity index is 2.32. The fourth-order valence-corrected chi connectivity index (χ4v) is 1.79. The van der Waals surface area contributed by atoms with Crippen LogP contribution in [0.2, 0.25) is 0 Å². The summed E-state index contributed by atoms with van der Waals surface area (Å²) in [6, 6.07) is 8.73. The molecule has 0 spiro atoms. The van der Waals surface area contributed by atoms with Crippen LogP contribution in [0.4, 0.5) is 0 Å². The van der Waals surface area contributed by atoms with Crippen molar-refractivity contribution < 1.29 is 9.53 Å². The fourth-order valence-electron chi connectivity index (χ4n) is 1.79. The van der Waals surface area contributed by atoms with Crippen molar-refractivity contribution in [3.63, 3.8) is 0 Å². The van der Waals surface area contributed by atoms with E-state index in [1.165, 1.54) is 37.5 Å². The molecular formula is C15H22O2. The number of methoxy groups -OCH3 is 1. The molecule has 17 heavy (non-hydrogen) atoms. The molecule has 0 N–H and O–H groups in total. The first kappa shape index (κ1) is 13.8. The number of benzene rings is 1. The van der Waals surface area contributed by atoms with Gasteiger partial charge in [-0.3, -0.25) is 4.79 Å². The van der Waals surface area contributed by atoms with E-state index in [0.717, 1.165) is 12.8 Å². The standard InChI is InChI=1S/C15H22O2/c1-3-4-6-13-9-11-14(12-10-13)7-5-8-15(16)17-2/h9-12H,3-8H2,1-2H3. The lowest BCUT2D eigenvalue weighted by atomic mass is 10.0. The van der Waals surface area contributed by atoms with Gasteiger partial charge in [-0.05, 0) is 36.8 Å². The molecule has 0 heterocycles. The highest BCUT2D eigenvalue weighted by atomic mass is 16.5. The van der Waals surface area contributed by atoms with Gasteiger partial charge in [-0.25, -0.2) is 0 Å². The lowest BCUT2D eigenvalue weighted by molar-refractivity contribution is -0.140. The molecule has 2 heteroatoms. The van der Waals surface area contributed by atoms with Crippen molar-refractivity contribution >= 4 is 5.97 Å². The summed E-state index contributed by atoms with van der Waals surface area (Å²) in [5, 5.41) is 0. The molecule has 0 saturated carbocycles. The highest BCUT2D eigenvalue weighted by Crippen LogP contribution is 2.10.